The molecule has 10 heteroatoms. The number of unbranched alkanes of at least 4 members (excludes halogenated alkanes) is 12. The molecular formula is C41H68O10. The van der Waals surface area contributed by atoms with Gasteiger partial charge in [0.05, 0.1) is 24.4 Å². The van der Waals surface area contributed by atoms with E-state index in [2.05, 4.69) is 6.92 Å². The van der Waals surface area contributed by atoms with Crippen molar-refractivity contribution in [2.75, 3.05) is 0 Å². The zero-order valence-corrected chi connectivity index (χ0v) is 32.3. The number of carbonyl (C=O) groups is 4. The Hall–Kier alpha value is -2.46. The molecule has 0 bridgehead atoms. The Balaban J connectivity index is 1.37. The molecule has 0 N–H and O–H groups in total. The number of rotatable bonds is 26. The summed E-state index contributed by atoms with van der Waals surface area (Å²) in [6.07, 6.45) is 22.4. The van der Waals surface area contributed by atoms with Crippen molar-refractivity contribution in [2.24, 2.45) is 0 Å². The molecule has 3 heterocycles. The lowest BCUT2D eigenvalue weighted by Gasteiger charge is -2.27. The van der Waals surface area contributed by atoms with Crippen molar-refractivity contribution < 1.29 is 47.6 Å². The first kappa shape index (κ1) is 42.9. The van der Waals surface area contributed by atoms with Gasteiger partial charge >= 0.3 is 23.9 Å². The van der Waals surface area contributed by atoms with Gasteiger partial charge in [0, 0.05) is 32.8 Å². The molecule has 0 aromatic carbocycles. The van der Waals surface area contributed by atoms with Gasteiger partial charge < -0.3 is 28.4 Å². The van der Waals surface area contributed by atoms with E-state index in [1.54, 1.807) is 6.08 Å². The molecule has 3 rings (SSSR count). The van der Waals surface area contributed by atoms with E-state index in [4.69, 9.17) is 28.4 Å². The molecule has 0 saturated carbocycles. The van der Waals surface area contributed by atoms with Crippen LogP contribution in [0.25, 0.3) is 0 Å². The number of cyclic esters (lactones) is 1. The van der Waals surface area contributed by atoms with Crippen LogP contribution >= 0.6 is 0 Å². The summed E-state index contributed by atoms with van der Waals surface area (Å²) in [7, 11) is 0. The van der Waals surface area contributed by atoms with Gasteiger partial charge in [-0.05, 0) is 77.2 Å². The van der Waals surface area contributed by atoms with E-state index in [9.17, 15) is 19.2 Å². The van der Waals surface area contributed by atoms with E-state index in [1.807, 2.05) is 6.92 Å². The molecule has 0 spiro atoms. The molecule has 0 amide bonds. The van der Waals surface area contributed by atoms with Gasteiger partial charge in [0.1, 0.15) is 24.4 Å². The maximum absolute atomic E-state index is 12.0. The highest BCUT2D eigenvalue weighted by atomic mass is 16.6. The highest BCUT2D eigenvalue weighted by Crippen LogP contribution is 2.36. The predicted octanol–water partition coefficient (Wildman–Crippen LogP) is 8.79. The highest BCUT2D eigenvalue weighted by Gasteiger charge is 2.42. The number of hydrogen-bond acceptors (Lipinski definition) is 10. The second-order valence-electron chi connectivity index (χ2n) is 15.1. The van der Waals surface area contributed by atoms with Gasteiger partial charge in [-0.3, -0.25) is 14.4 Å². The van der Waals surface area contributed by atoms with Crippen LogP contribution in [-0.2, 0) is 47.6 Å². The molecule has 292 valence electrons. The number of carbonyl (C=O) groups excluding carboxylic acids is 4. The lowest BCUT2D eigenvalue weighted by molar-refractivity contribution is -0.164. The summed E-state index contributed by atoms with van der Waals surface area (Å²) in [6.45, 7) is 8.37. The minimum Gasteiger partial charge on any atom is -0.462 e. The maximum Gasteiger partial charge on any atom is 0.334 e. The van der Waals surface area contributed by atoms with E-state index in [1.165, 1.54) is 72.1 Å². The second kappa shape index (κ2) is 24.0. The van der Waals surface area contributed by atoms with Crippen molar-refractivity contribution in [2.45, 2.75) is 225 Å². The van der Waals surface area contributed by atoms with Crippen molar-refractivity contribution in [3.8, 4) is 0 Å². The second-order valence-corrected chi connectivity index (χ2v) is 15.1. The first-order valence-corrected chi connectivity index (χ1v) is 20.3. The van der Waals surface area contributed by atoms with Gasteiger partial charge in [-0.25, -0.2) is 4.79 Å². The summed E-state index contributed by atoms with van der Waals surface area (Å²) in [5, 5.41) is 0. The van der Waals surface area contributed by atoms with Crippen molar-refractivity contribution in [3.05, 3.63) is 11.6 Å². The monoisotopic (exact) mass is 720 g/mol. The molecule has 3 aliphatic heterocycles. The summed E-state index contributed by atoms with van der Waals surface area (Å²) < 4.78 is 35.2. The topological polar surface area (TPSA) is 124 Å². The number of hydrogen-bond donors (Lipinski definition) is 0. The molecule has 10 nitrogen and oxygen atoms in total. The fourth-order valence-electron chi connectivity index (χ4n) is 7.91. The maximum atomic E-state index is 12.0. The fourth-order valence-corrected chi connectivity index (χ4v) is 7.91. The normalized spacial score (nSPS) is 24.8. The largest absolute Gasteiger partial charge is 0.462 e. The van der Waals surface area contributed by atoms with Crippen LogP contribution < -0.4 is 0 Å². The zero-order chi connectivity index (χ0) is 37.0. The third-order valence-electron chi connectivity index (χ3n) is 10.4. The summed E-state index contributed by atoms with van der Waals surface area (Å²) in [6, 6.07) is 0. The van der Waals surface area contributed by atoms with E-state index in [-0.39, 0.29) is 72.7 Å². The first-order chi connectivity index (χ1) is 24.5. The van der Waals surface area contributed by atoms with Crippen molar-refractivity contribution in [1.29, 1.82) is 0 Å². The van der Waals surface area contributed by atoms with Crippen LogP contribution in [0.1, 0.15) is 176 Å². The fraction of sp³-hybridized carbons (Fsp3) is 0.854. The lowest BCUT2D eigenvalue weighted by atomic mass is 9.99. The van der Waals surface area contributed by atoms with E-state index in [0.29, 0.717) is 24.8 Å². The van der Waals surface area contributed by atoms with Crippen LogP contribution in [0, 0.1) is 0 Å². The molecule has 0 aliphatic carbocycles. The quantitative estimate of drug-likeness (QED) is 0.0487. The molecule has 3 aliphatic rings. The van der Waals surface area contributed by atoms with Crippen LogP contribution in [0.4, 0.5) is 0 Å². The summed E-state index contributed by atoms with van der Waals surface area (Å²) in [5.41, 5.74) is 0.569. The summed E-state index contributed by atoms with van der Waals surface area (Å²) >= 11 is 0. The molecule has 0 unspecified atom stereocenters. The van der Waals surface area contributed by atoms with Crippen LogP contribution in [0.3, 0.4) is 0 Å². The van der Waals surface area contributed by atoms with Gasteiger partial charge in [-0.15, -0.1) is 0 Å². The minimum absolute atomic E-state index is 0.0565. The van der Waals surface area contributed by atoms with Crippen LogP contribution in [0.5, 0.6) is 0 Å². The molecular weight excluding hydrogens is 652 g/mol. The average molecular weight is 721 g/mol. The highest BCUT2D eigenvalue weighted by molar-refractivity contribution is 5.90. The van der Waals surface area contributed by atoms with E-state index < -0.39 is 0 Å². The Labute approximate surface area is 307 Å². The zero-order valence-electron chi connectivity index (χ0n) is 32.3. The summed E-state index contributed by atoms with van der Waals surface area (Å²) in [5.74, 6) is -1.25. The third-order valence-corrected chi connectivity index (χ3v) is 10.4. The molecule has 0 aromatic heterocycles. The van der Waals surface area contributed by atoms with Crippen LogP contribution in [0.15, 0.2) is 11.6 Å². The molecule has 2 fully saturated rings. The van der Waals surface area contributed by atoms with E-state index >= 15 is 0 Å². The van der Waals surface area contributed by atoms with Gasteiger partial charge in [0.15, 0.2) is 0 Å². The minimum atomic E-state index is -0.356. The van der Waals surface area contributed by atoms with E-state index in [0.717, 1.165) is 70.6 Å². The van der Waals surface area contributed by atoms with Crippen LogP contribution in [0.2, 0.25) is 0 Å². The smallest absolute Gasteiger partial charge is 0.334 e. The number of ether oxygens (including phenoxy) is 6. The van der Waals surface area contributed by atoms with Crippen molar-refractivity contribution in [3.63, 3.8) is 0 Å². The Morgan fingerprint density at radius 2 is 1.08 bits per heavy atom. The third kappa shape index (κ3) is 16.8. The molecule has 51 heavy (non-hydrogen) atoms. The Morgan fingerprint density at radius 1 is 0.647 bits per heavy atom. The molecule has 8 atom stereocenters. The Morgan fingerprint density at radius 3 is 1.49 bits per heavy atom. The Kier molecular flexibility index (Phi) is 20.2. The standard InChI is InChI=1S/C41H68O10/c1-6-7-8-9-10-11-12-13-14-18-21-35(48-31(4)43)37-23-25-39(50-37)40-26-24-38(51-40)36(49-32(5)44)22-19-16-15-17-20-34(47-30(3)42)28-33-27-29(2)46-41(33)45/h27,29,34-40H,6-26,28H2,1-5H3/t29-,34+,35+,36+,37+,38+,39+,40+/m0/s1. The van der Waals surface area contributed by atoms with Crippen molar-refractivity contribution >= 4 is 23.9 Å². The SMILES string of the molecule is CCCCCCCCCCCC[C@@H](OC(C)=O)[C@H]1CC[C@H]([C@H]2CC[C@H]([C@@H](CCCCCC[C@H](CC3=C[C@H](C)OC3=O)OC(C)=O)OC(C)=O)O2)O1. The van der Waals surface area contributed by atoms with Gasteiger partial charge in [-0.1, -0.05) is 77.6 Å². The summed E-state index contributed by atoms with van der Waals surface area (Å²) in [4.78, 5) is 47.7. The van der Waals surface area contributed by atoms with Gasteiger partial charge in [0.25, 0.3) is 0 Å². The molecule has 2 saturated heterocycles. The average Bonchev–Trinajstić information content (AvgIpc) is 3.82. The molecule has 0 radical (unpaired) electrons. The lowest BCUT2D eigenvalue weighted by Crippen LogP contribution is -2.35. The predicted molar refractivity (Wildman–Crippen MR) is 195 cm³/mol. The van der Waals surface area contributed by atoms with Gasteiger partial charge in [-0.2, -0.15) is 0 Å². The number of esters is 4. The first-order valence-electron chi connectivity index (χ1n) is 20.3. The van der Waals surface area contributed by atoms with Gasteiger partial charge in [0.2, 0.25) is 0 Å². The van der Waals surface area contributed by atoms with Crippen LogP contribution in [-0.4, -0.2) is 72.7 Å². The van der Waals surface area contributed by atoms with Crippen molar-refractivity contribution in [1.82, 2.24) is 0 Å². The molecule has 0 aromatic rings. The Bertz CT molecular complexity index is 1090.